The van der Waals surface area contributed by atoms with Crippen LogP contribution in [0.25, 0.3) is 12.2 Å². The van der Waals surface area contributed by atoms with Gasteiger partial charge in [-0.15, -0.1) is 0 Å². The fraction of sp³-hybridized carbons (Fsp3) is 0.111. The highest BCUT2D eigenvalue weighted by Crippen LogP contribution is 2.47. The minimum absolute atomic E-state index is 0.188. The van der Waals surface area contributed by atoms with E-state index in [-0.39, 0.29) is 12.3 Å². The summed E-state index contributed by atoms with van der Waals surface area (Å²) in [5.41, 5.74) is 3.75. The van der Waals surface area contributed by atoms with Gasteiger partial charge in [0.15, 0.2) is 0 Å². The second kappa shape index (κ2) is 6.71. The van der Waals surface area contributed by atoms with Gasteiger partial charge in [-0.05, 0) is 22.3 Å². The molecule has 0 bridgehead atoms. The molecule has 0 heterocycles. The lowest BCUT2D eigenvalue weighted by atomic mass is 10.1. The summed E-state index contributed by atoms with van der Waals surface area (Å²) in [6.07, 6.45) is 3.88. The lowest BCUT2D eigenvalue weighted by Crippen LogP contribution is -1.93. The second-order valence-electron chi connectivity index (χ2n) is 5.05. The lowest BCUT2D eigenvalue weighted by Gasteiger charge is -2.12. The molecular weight excluding hydrogens is 279 g/mol. The van der Waals surface area contributed by atoms with Crippen LogP contribution in [0.3, 0.4) is 0 Å². The molecule has 21 heavy (non-hydrogen) atoms. The molecule has 2 rings (SSSR count). The summed E-state index contributed by atoms with van der Waals surface area (Å²) >= 11 is 0. The van der Waals surface area contributed by atoms with E-state index in [1.54, 1.807) is 12.2 Å². The van der Waals surface area contributed by atoms with Gasteiger partial charge in [0.25, 0.3) is 0 Å². The van der Waals surface area contributed by atoms with Crippen LogP contribution >= 0.6 is 7.37 Å². The molecule has 2 aromatic rings. The summed E-state index contributed by atoms with van der Waals surface area (Å²) in [7, 11) is -3.24. The molecule has 0 aliphatic heterocycles. The van der Waals surface area contributed by atoms with Gasteiger partial charge in [-0.2, -0.15) is 0 Å². The summed E-state index contributed by atoms with van der Waals surface area (Å²) in [5.74, 6) is 0. The molecule has 0 aliphatic carbocycles. The van der Waals surface area contributed by atoms with Gasteiger partial charge < -0.3 is 4.89 Å². The summed E-state index contributed by atoms with van der Waals surface area (Å²) in [5, 5.41) is 0. The zero-order valence-corrected chi connectivity index (χ0v) is 12.8. The van der Waals surface area contributed by atoms with Gasteiger partial charge >= 0.3 is 0 Å². The van der Waals surface area contributed by atoms with Crippen LogP contribution in [-0.2, 0) is 16.9 Å². The van der Waals surface area contributed by atoms with Crippen molar-refractivity contribution in [3.05, 3.63) is 83.9 Å². The van der Waals surface area contributed by atoms with Gasteiger partial charge in [0.2, 0.25) is 7.37 Å². The van der Waals surface area contributed by atoms with E-state index in [1.807, 2.05) is 48.5 Å². The van der Waals surface area contributed by atoms with Gasteiger partial charge in [-0.1, -0.05) is 73.8 Å². The molecule has 1 N–H and O–H groups in total. The molecule has 0 aromatic heterocycles. The maximum absolute atomic E-state index is 12.4. The minimum atomic E-state index is -3.24. The molecule has 0 saturated heterocycles. The molecule has 0 amide bonds. The maximum Gasteiger partial charge on any atom is 0.209 e. The molecule has 2 aromatic carbocycles. The summed E-state index contributed by atoms with van der Waals surface area (Å²) < 4.78 is 12.4. The average molecular weight is 298 g/mol. The highest BCUT2D eigenvalue weighted by atomic mass is 31.2. The van der Waals surface area contributed by atoms with Crippen LogP contribution in [0.15, 0.2) is 61.7 Å². The predicted molar refractivity (Wildman–Crippen MR) is 90.3 cm³/mol. The van der Waals surface area contributed by atoms with Crippen molar-refractivity contribution in [2.45, 2.75) is 12.3 Å². The Bertz CT molecular complexity index is 612. The number of hydrogen-bond donors (Lipinski definition) is 1. The summed E-state index contributed by atoms with van der Waals surface area (Å²) in [6, 6.07) is 15.1. The van der Waals surface area contributed by atoms with Gasteiger partial charge in [-0.25, -0.2) is 0 Å². The van der Waals surface area contributed by atoms with Crippen molar-refractivity contribution in [1.29, 1.82) is 0 Å². The number of rotatable bonds is 6. The van der Waals surface area contributed by atoms with E-state index in [9.17, 15) is 9.46 Å². The summed E-state index contributed by atoms with van der Waals surface area (Å²) in [6.45, 7) is 7.39. The first-order valence-corrected chi connectivity index (χ1v) is 8.79. The zero-order valence-electron chi connectivity index (χ0n) is 11.9. The molecular formula is C18H19O2P. The van der Waals surface area contributed by atoms with E-state index in [0.717, 1.165) is 22.3 Å². The molecule has 2 nitrogen and oxygen atoms in total. The fourth-order valence-corrected chi connectivity index (χ4v) is 3.82. The minimum Gasteiger partial charge on any atom is -0.344 e. The van der Waals surface area contributed by atoms with Gasteiger partial charge in [0.05, 0.1) is 0 Å². The van der Waals surface area contributed by atoms with Crippen LogP contribution in [-0.4, -0.2) is 4.89 Å². The Kier molecular flexibility index (Phi) is 4.95. The highest BCUT2D eigenvalue weighted by molar-refractivity contribution is 7.56. The lowest BCUT2D eigenvalue weighted by molar-refractivity contribution is 0.475. The maximum atomic E-state index is 12.4. The van der Waals surface area contributed by atoms with Gasteiger partial charge in [0.1, 0.15) is 0 Å². The van der Waals surface area contributed by atoms with E-state index in [0.29, 0.717) is 0 Å². The quantitative estimate of drug-likeness (QED) is 0.767. The van der Waals surface area contributed by atoms with Crippen LogP contribution in [0.4, 0.5) is 0 Å². The van der Waals surface area contributed by atoms with Crippen molar-refractivity contribution >= 4 is 19.5 Å². The first-order valence-electron chi connectivity index (χ1n) is 6.76. The SMILES string of the molecule is C=Cc1ccc(CP(=O)(O)Cc2ccc(C=C)cc2)cc1. The van der Waals surface area contributed by atoms with Crippen LogP contribution in [0, 0.1) is 0 Å². The van der Waals surface area contributed by atoms with Crippen LogP contribution < -0.4 is 0 Å². The molecule has 0 aliphatic rings. The van der Waals surface area contributed by atoms with E-state index in [2.05, 4.69) is 13.2 Å². The number of benzene rings is 2. The molecule has 0 atom stereocenters. The van der Waals surface area contributed by atoms with Crippen molar-refractivity contribution < 1.29 is 9.46 Å². The Labute approximate surface area is 125 Å². The Hall–Kier alpha value is -1.89. The zero-order chi connectivity index (χ0) is 15.3. The molecule has 0 fully saturated rings. The van der Waals surface area contributed by atoms with Crippen molar-refractivity contribution in [2.24, 2.45) is 0 Å². The Balaban J connectivity index is 2.07. The van der Waals surface area contributed by atoms with Crippen molar-refractivity contribution in [1.82, 2.24) is 0 Å². The van der Waals surface area contributed by atoms with E-state index in [1.165, 1.54) is 0 Å². The van der Waals surface area contributed by atoms with Crippen LogP contribution in [0.5, 0.6) is 0 Å². The first-order chi connectivity index (χ1) is 10.0. The molecule has 108 valence electrons. The number of hydrogen-bond acceptors (Lipinski definition) is 1. The van der Waals surface area contributed by atoms with E-state index in [4.69, 9.17) is 0 Å². The molecule has 0 unspecified atom stereocenters. The third-order valence-corrected chi connectivity index (χ3v) is 5.01. The molecule has 3 heteroatoms. The smallest absolute Gasteiger partial charge is 0.209 e. The monoisotopic (exact) mass is 298 g/mol. The van der Waals surface area contributed by atoms with E-state index >= 15 is 0 Å². The van der Waals surface area contributed by atoms with Crippen LogP contribution in [0.1, 0.15) is 22.3 Å². The van der Waals surface area contributed by atoms with E-state index < -0.39 is 7.37 Å². The third kappa shape index (κ3) is 4.56. The average Bonchev–Trinajstić information content (AvgIpc) is 2.48. The largest absolute Gasteiger partial charge is 0.344 e. The van der Waals surface area contributed by atoms with Crippen molar-refractivity contribution in [3.63, 3.8) is 0 Å². The van der Waals surface area contributed by atoms with Crippen molar-refractivity contribution in [2.75, 3.05) is 0 Å². The third-order valence-electron chi connectivity index (χ3n) is 3.29. The Morgan fingerprint density at radius 1 is 0.810 bits per heavy atom. The Morgan fingerprint density at radius 3 is 1.43 bits per heavy atom. The normalized spacial score (nSPS) is 11.1. The first kappa shape index (κ1) is 15.5. The summed E-state index contributed by atoms with van der Waals surface area (Å²) in [4.78, 5) is 10.2. The molecule has 0 radical (unpaired) electrons. The van der Waals surface area contributed by atoms with Gasteiger partial charge in [-0.3, -0.25) is 4.57 Å². The van der Waals surface area contributed by atoms with Crippen LogP contribution in [0.2, 0.25) is 0 Å². The fourth-order valence-electron chi connectivity index (χ4n) is 2.14. The second-order valence-corrected chi connectivity index (χ2v) is 7.38. The molecule has 0 saturated carbocycles. The molecule has 0 spiro atoms. The standard InChI is InChI=1S/C18H19O2P/c1-3-15-5-9-17(10-6-15)13-21(19,20)14-18-11-7-16(4-2)8-12-18/h3-12H,1-2,13-14H2,(H,19,20). The Morgan fingerprint density at radius 2 is 1.14 bits per heavy atom. The van der Waals surface area contributed by atoms with Gasteiger partial charge in [0, 0.05) is 12.3 Å². The topological polar surface area (TPSA) is 37.3 Å². The highest BCUT2D eigenvalue weighted by Gasteiger charge is 2.19. The predicted octanol–water partition coefficient (Wildman–Crippen LogP) is 4.94. The van der Waals surface area contributed by atoms with Crippen molar-refractivity contribution in [3.8, 4) is 0 Å².